The van der Waals surface area contributed by atoms with E-state index in [-0.39, 0.29) is 30.2 Å². The number of carbonyl (C=O) groups is 2. The van der Waals surface area contributed by atoms with Gasteiger partial charge in [-0.05, 0) is 24.6 Å². The van der Waals surface area contributed by atoms with Gasteiger partial charge in [0, 0.05) is 31.0 Å². The molecule has 0 fully saturated rings. The predicted octanol–water partition coefficient (Wildman–Crippen LogP) is 4.09. The number of aryl methyl sites for hydroxylation is 1. The quantitative estimate of drug-likeness (QED) is 0.719. The van der Waals surface area contributed by atoms with Crippen molar-refractivity contribution >= 4 is 40.7 Å². The first kappa shape index (κ1) is 22.2. The van der Waals surface area contributed by atoms with Crippen molar-refractivity contribution in [1.82, 2.24) is 15.0 Å². The number of hydrogen-bond acceptors (Lipinski definition) is 5. The molecule has 0 aliphatic carbocycles. The largest absolute Gasteiger partial charge is 0.339 e. The summed E-state index contributed by atoms with van der Waals surface area (Å²) in [5, 5.41) is 7.40. The minimum absolute atomic E-state index is 0.0617. The van der Waals surface area contributed by atoms with Gasteiger partial charge in [-0.3, -0.25) is 9.59 Å². The van der Waals surface area contributed by atoms with Crippen LogP contribution >= 0.6 is 23.2 Å². The lowest BCUT2D eigenvalue weighted by Gasteiger charge is -2.16. The van der Waals surface area contributed by atoms with Crippen molar-refractivity contribution in [3.63, 3.8) is 0 Å². The molecule has 0 bridgehead atoms. The number of hydrogen-bond donors (Lipinski definition) is 1. The monoisotopic (exact) mass is 426 g/mol. The lowest BCUT2D eigenvalue weighted by atomic mass is 9.96. The summed E-state index contributed by atoms with van der Waals surface area (Å²) in [6.45, 7) is 5.95. The third-order valence-corrected chi connectivity index (χ3v) is 4.67. The molecule has 0 aliphatic rings. The molecule has 2 rings (SSSR count). The number of aromatic nitrogens is 2. The Kier molecular flexibility index (Phi) is 7.43. The first-order valence-electron chi connectivity index (χ1n) is 8.88. The molecular weight excluding hydrogens is 403 g/mol. The maximum absolute atomic E-state index is 12.2. The Morgan fingerprint density at radius 2 is 1.93 bits per heavy atom. The molecule has 0 aliphatic heterocycles. The second kappa shape index (κ2) is 9.39. The van der Waals surface area contributed by atoms with Gasteiger partial charge in [-0.2, -0.15) is 4.98 Å². The predicted molar refractivity (Wildman–Crippen MR) is 109 cm³/mol. The molecule has 0 saturated carbocycles. The summed E-state index contributed by atoms with van der Waals surface area (Å²) in [7, 11) is 1.58. The lowest BCUT2D eigenvalue weighted by molar-refractivity contribution is -0.133. The normalized spacial score (nSPS) is 11.4. The number of anilines is 1. The van der Waals surface area contributed by atoms with Crippen LogP contribution in [0.15, 0.2) is 22.7 Å². The van der Waals surface area contributed by atoms with Gasteiger partial charge >= 0.3 is 0 Å². The Morgan fingerprint density at radius 1 is 1.21 bits per heavy atom. The van der Waals surface area contributed by atoms with Crippen molar-refractivity contribution in [3.05, 3.63) is 40.0 Å². The number of halogens is 2. The summed E-state index contributed by atoms with van der Waals surface area (Å²) < 4.78 is 5.21. The first-order valence-corrected chi connectivity index (χ1v) is 9.64. The Balaban J connectivity index is 1.76. The Bertz CT molecular complexity index is 846. The van der Waals surface area contributed by atoms with Crippen LogP contribution in [0.3, 0.4) is 0 Å². The minimum Gasteiger partial charge on any atom is -0.339 e. The van der Waals surface area contributed by atoms with Gasteiger partial charge in [-0.15, -0.1) is 0 Å². The molecule has 0 saturated heterocycles. The van der Waals surface area contributed by atoms with Crippen LogP contribution in [0.4, 0.5) is 5.69 Å². The summed E-state index contributed by atoms with van der Waals surface area (Å²) >= 11 is 11.8. The maximum atomic E-state index is 12.2. The van der Waals surface area contributed by atoms with E-state index in [4.69, 9.17) is 27.7 Å². The number of rotatable bonds is 7. The number of carbonyl (C=O) groups excluding carboxylic acids is 2. The molecule has 0 atom stereocenters. The summed E-state index contributed by atoms with van der Waals surface area (Å²) in [5.41, 5.74) is 0.339. The van der Waals surface area contributed by atoms with Gasteiger partial charge in [0.15, 0.2) is 5.82 Å². The zero-order valence-electron chi connectivity index (χ0n) is 16.4. The third kappa shape index (κ3) is 6.49. The Labute approximate surface area is 174 Å². The van der Waals surface area contributed by atoms with Crippen molar-refractivity contribution in [1.29, 1.82) is 0 Å². The molecule has 2 amide bonds. The van der Waals surface area contributed by atoms with Crippen LogP contribution in [0.5, 0.6) is 0 Å². The first-order chi connectivity index (χ1) is 13.1. The van der Waals surface area contributed by atoms with Crippen LogP contribution < -0.4 is 5.32 Å². The van der Waals surface area contributed by atoms with Gasteiger partial charge in [0.25, 0.3) is 0 Å². The van der Waals surface area contributed by atoms with Gasteiger partial charge in [0.2, 0.25) is 17.7 Å². The second-order valence-electron chi connectivity index (χ2n) is 7.54. The van der Waals surface area contributed by atoms with Crippen LogP contribution in [0.25, 0.3) is 0 Å². The Hall–Kier alpha value is -2.12. The fourth-order valence-electron chi connectivity index (χ4n) is 2.32. The average Bonchev–Trinajstić information content (AvgIpc) is 3.07. The van der Waals surface area contributed by atoms with E-state index in [1.54, 1.807) is 25.2 Å². The molecule has 1 heterocycles. The zero-order chi connectivity index (χ0) is 20.9. The van der Waals surface area contributed by atoms with E-state index in [1.807, 2.05) is 20.8 Å². The van der Waals surface area contributed by atoms with Crippen LogP contribution in [-0.2, 0) is 21.4 Å². The third-order valence-electron chi connectivity index (χ3n) is 3.93. The Morgan fingerprint density at radius 3 is 2.54 bits per heavy atom. The van der Waals surface area contributed by atoms with Crippen LogP contribution in [0.1, 0.15) is 45.3 Å². The van der Waals surface area contributed by atoms with Crippen molar-refractivity contribution in [2.24, 2.45) is 0 Å². The van der Waals surface area contributed by atoms with E-state index in [0.717, 1.165) is 0 Å². The van der Waals surface area contributed by atoms with Crippen molar-refractivity contribution in [2.75, 3.05) is 18.9 Å². The standard InChI is InChI=1S/C19H24Cl2N4O3/c1-19(2,3)18-23-16(28-24-18)6-5-7-17(27)25(4)11-15(26)22-12-8-9-13(20)14(21)10-12/h8-10H,5-7,11H2,1-4H3,(H,22,26). The fraction of sp³-hybridized carbons (Fsp3) is 0.474. The fourth-order valence-corrected chi connectivity index (χ4v) is 2.62. The molecule has 9 heteroatoms. The van der Waals surface area contributed by atoms with Crippen LogP contribution in [0, 0.1) is 0 Å². The molecule has 1 aromatic heterocycles. The summed E-state index contributed by atoms with van der Waals surface area (Å²) in [6, 6.07) is 4.79. The SMILES string of the molecule is CN(CC(=O)Nc1ccc(Cl)c(Cl)c1)C(=O)CCCc1nc(C(C)(C)C)no1. The van der Waals surface area contributed by atoms with E-state index in [1.165, 1.54) is 4.90 Å². The molecule has 0 spiro atoms. The van der Waals surface area contributed by atoms with E-state index < -0.39 is 0 Å². The van der Waals surface area contributed by atoms with Gasteiger partial charge in [0.1, 0.15) is 0 Å². The topological polar surface area (TPSA) is 88.3 Å². The maximum Gasteiger partial charge on any atom is 0.243 e. The second-order valence-corrected chi connectivity index (χ2v) is 8.36. The van der Waals surface area contributed by atoms with Crippen LogP contribution in [0.2, 0.25) is 10.0 Å². The molecule has 1 N–H and O–H groups in total. The number of benzene rings is 1. The number of nitrogens with zero attached hydrogens (tertiary/aromatic N) is 3. The summed E-state index contributed by atoms with van der Waals surface area (Å²) in [6.07, 6.45) is 1.35. The van der Waals surface area contributed by atoms with Crippen molar-refractivity contribution in [2.45, 2.75) is 45.4 Å². The summed E-state index contributed by atoms with van der Waals surface area (Å²) in [4.78, 5) is 30.0. The molecule has 0 radical (unpaired) electrons. The number of amides is 2. The van der Waals surface area contributed by atoms with Crippen LogP contribution in [-0.4, -0.2) is 40.4 Å². The van der Waals surface area contributed by atoms with Crippen molar-refractivity contribution < 1.29 is 14.1 Å². The molecular formula is C19H24Cl2N4O3. The number of nitrogens with one attached hydrogen (secondary N) is 1. The molecule has 0 unspecified atom stereocenters. The average molecular weight is 427 g/mol. The zero-order valence-corrected chi connectivity index (χ0v) is 17.9. The highest BCUT2D eigenvalue weighted by atomic mass is 35.5. The van der Waals surface area contributed by atoms with Gasteiger partial charge in [-0.25, -0.2) is 0 Å². The van der Waals surface area contributed by atoms with Crippen molar-refractivity contribution in [3.8, 4) is 0 Å². The molecule has 28 heavy (non-hydrogen) atoms. The smallest absolute Gasteiger partial charge is 0.243 e. The molecule has 1 aromatic carbocycles. The highest BCUT2D eigenvalue weighted by Crippen LogP contribution is 2.25. The molecule has 7 nitrogen and oxygen atoms in total. The van der Waals surface area contributed by atoms with E-state index >= 15 is 0 Å². The molecule has 152 valence electrons. The highest BCUT2D eigenvalue weighted by Gasteiger charge is 2.21. The van der Waals surface area contributed by atoms with Gasteiger partial charge in [0.05, 0.1) is 16.6 Å². The van der Waals surface area contributed by atoms with Gasteiger partial charge < -0.3 is 14.7 Å². The van der Waals surface area contributed by atoms with Gasteiger partial charge in [-0.1, -0.05) is 49.1 Å². The van der Waals surface area contributed by atoms with E-state index in [9.17, 15) is 9.59 Å². The molecule has 2 aromatic rings. The number of likely N-dealkylation sites (N-methyl/N-ethyl adjacent to an activating group) is 1. The van der Waals surface area contributed by atoms with E-state index in [2.05, 4.69) is 15.5 Å². The highest BCUT2D eigenvalue weighted by molar-refractivity contribution is 6.42. The summed E-state index contributed by atoms with van der Waals surface area (Å²) in [5.74, 6) is 0.698. The van der Waals surface area contributed by atoms with E-state index in [0.29, 0.717) is 40.3 Å². The minimum atomic E-state index is -0.319. The lowest BCUT2D eigenvalue weighted by Crippen LogP contribution is -2.34.